The lowest BCUT2D eigenvalue weighted by Gasteiger charge is -1.85. The van der Waals surface area contributed by atoms with Gasteiger partial charge in [0.25, 0.3) is 0 Å². The molecule has 1 N–H and O–H groups in total. The fourth-order valence-corrected chi connectivity index (χ4v) is 1.35. The van der Waals surface area contributed by atoms with E-state index in [-0.39, 0.29) is 0 Å². The highest BCUT2D eigenvalue weighted by molar-refractivity contribution is 5.66. The summed E-state index contributed by atoms with van der Waals surface area (Å²) >= 11 is 0. The molecule has 0 aromatic carbocycles. The van der Waals surface area contributed by atoms with Crippen molar-refractivity contribution in [3.63, 3.8) is 0 Å². The quantitative estimate of drug-likeness (QED) is 0.832. The maximum Gasteiger partial charge on any atom is 0.303 e. The number of rotatable bonds is 3. The van der Waals surface area contributed by atoms with Crippen molar-refractivity contribution in [3.8, 4) is 0 Å². The van der Waals surface area contributed by atoms with Crippen LogP contribution in [0.25, 0.3) is 0 Å². The third-order valence-electron chi connectivity index (χ3n) is 2.40. The molecule has 0 atom stereocenters. The van der Waals surface area contributed by atoms with Crippen molar-refractivity contribution in [1.82, 2.24) is 0 Å². The van der Waals surface area contributed by atoms with Crippen LogP contribution in [-0.2, 0) is 14.3 Å². The highest BCUT2D eigenvalue weighted by Gasteiger charge is 1.95. The zero-order valence-corrected chi connectivity index (χ0v) is 11.0. The Hall–Kier alpha value is -0.610. The van der Waals surface area contributed by atoms with Crippen LogP contribution in [0.4, 0.5) is 0 Å². The van der Waals surface area contributed by atoms with Gasteiger partial charge in [0.1, 0.15) is 0 Å². The van der Waals surface area contributed by atoms with Crippen LogP contribution in [-0.4, -0.2) is 37.5 Å². The SMILES string of the molecule is C1CCOC1.C1CCOC1.CCCCC(=O)O. The predicted octanol–water partition coefficient (Wildman–Crippen LogP) is 2.85. The van der Waals surface area contributed by atoms with Gasteiger partial charge in [0.15, 0.2) is 0 Å². The number of hydrogen-bond acceptors (Lipinski definition) is 3. The smallest absolute Gasteiger partial charge is 0.303 e. The molecule has 0 spiro atoms. The normalized spacial score (nSPS) is 17.7. The number of hydrogen-bond donors (Lipinski definition) is 1. The zero-order valence-electron chi connectivity index (χ0n) is 11.0. The average Bonchev–Trinajstić information content (AvgIpc) is 3.01. The molecule has 0 amide bonds. The van der Waals surface area contributed by atoms with E-state index in [1.807, 2.05) is 6.92 Å². The topological polar surface area (TPSA) is 55.8 Å². The number of aliphatic carboxylic acids is 1. The third kappa shape index (κ3) is 15.4. The van der Waals surface area contributed by atoms with Crippen molar-refractivity contribution >= 4 is 5.97 Å². The van der Waals surface area contributed by atoms with Gasteiger partial charge >= 0.3 is 5.97 Å². The molecule has 0 radical (unpaired) electrons. The van der Waals surface area contributed by atoms with Gasteiger partial charge in [-0.15, -0.1) is 0 Å². The van der Waals surface area contributed by atoms with Crippen molar-refractivity contribution < 1.29 is 19.4 Å². The van der Waals surface area contributed by atoms with E-state index < -0.39 is 5.97 Å². The van der Waals surface area contributed by atoms with Gasteiger partial charge < -0.3 is 14.6 Å². The Morgan fingerprint density at radius 2 is 1.41 bits per heavy atom. The summed E-state index contributed by atoms with van der Waals surface area (Å²) in [7, 11) is 0. The van der Waals surface area contributed by atoms with Crippen LogP contribution in [0.3, 0.4) is 0 Å². The summed E-state index contributed by atoms with van der Waals surface area (Å²) in [6.07, 6.45) is 7.19. The largest absolute Gasteiger partial charge is 0.481 e. The highest BCUT2D eigenvalue weighted by Crippen LogP contribution is 1.98. The van der Waals surface area contributed by atoms with Crippen LogP contribution in [0.15, 0.2) is 0 Å². The van der Waals surface area contributed by atoms with Crippen molar-refractivity contribution in [3.05, 3.63) is 0 Å². The molecule has 2 saturated heterocycles. The molecule has 0 bridgehead atoms. The predicted molar refractivity (Wildman–Crippen MR) is 67.3 cm³/mol. The van der Waals surface area contributed by atoms with Gasteiger partial charge in [0.05, 0.1) is 0 Å². The minimum absolute atomic E-state index is 0.316. The van der Waals surface area contributed by atoms with Gasteiger partial charge in [-0.05, 0) is 32.1 Å². The van der Waals surface area contributed by atoms with E-state index in [0.29, 0.717) is 6.42 Å². The first kappa shape index (κ1) is 16.4. The molecule has 2 heterocycles. The molecule has 2 rings (SSSR count). The second-order valence-electron chi connectivity index (χ2n) is 4.14. The van der Waals surface area contributed by atoms with E-state index in [1.54, 1.807) is 0 Å². The summed E-state index contributed by atoms with van der Waals surface area (Å²) in [4.78, 5) is 9.76. The number of carbonyl (C=O) groups is 1. The van der Waals surface area contributed by atoms with Crippen molar-refractivity contribution in [1.29, 1.82) is 0 Å². The highest BCUT2D eigenvalue weighted by atomic mass is 16.5. The maximum atomic E-state index is 9.76. The number of unbranched alkanes of at least 4 members (excludes halogenated alkanes) is 1. The van der Waals surface area contributed by atoms with Crippen LogP contribution in [0.2, 0.25) is 0 Å². The summed E-state index contributed by atoms with van der Waals surface area (Å²) in [6, 6.07) is 0. The molecular weight excluding hydrogens is 220 g/mol. The molecule has 4 heteroatoms. The summed E-state index contributed by atoms with van der Waals surface area (Å²) in [5.41, 5.74) is 0. The van der Waals surface area contributed by atoms with Gasteiger partial charge in [0, 0.05) is 32.8 Å². The minimum Gasteiger partial charge on any atom is -0.481 e. The lowest BCUT2D eigenvalue weighted by molar-refractivity contribution is -0.137. The molecule has 0 aromatic rings. The first-order chi connectivity index (χ1) is 8.27. The molecule has 102 valence electrons. The lowest BCUT2D eigenvalue weighted by atomic mass is 10.3. The lowest BCUT2D eigenvalue weighted by Crippen LogP contribution is -1.91. The van der Waals surface area contributed by atoms with Crippen LogP contribution >= 0.6 is 0 Å². The van der Waals surface area contributed by atoms with Crippen molar-refractivity contribution in [2.45, 2.75) is 51.9 Å². The van der Waals surface area contributed by atoms with Crippen LogP contribution in [0.5, 0.6) is 0 Å². The van der Waals surface area contributed by atoms with Gasteiger partial charge in [0.2, 0.25) is 0 Å². The van der Waals surface area contributed by atoms with Crippen LogP contribution < -0.4 is 0 Å². The molecular formula is C13H26O4. The average molecular weight is 246 g/mol. The molecule has 2 fully saturated rings. The number of carboxylic acids is 1. The van der Waals surface area contributed by atoms with E-state index in [4.69, 9.17) is 14.6 Å². The third-order valence-corrected chi connectivity index (χ3v) is 2.40. The van der Waals surface area contributed by atoms with Gasteiger partial charge in [-0.1, -0.05) is 13.3 Å². The minimum atomic E-state index is -0.693. The van der Waals surface area contributed by atoms with E-state index >= 15 is 0 Å². The molecule has 0 aliphatic carbocycles. The zero-order chi connectivity index (χ0) is 12.8. The van der Waals surface area contributed by atoms with E-state index in [2.05, 4.69) is 0 Å². The second kappa shape index (κ2) is 13.5. The fraction of sp³-hybridized carbons (Fsp3) is 0.923. The second-order valence-corrected chi connectivity index (χ2v) is 4.14. The molecule has 2 aliphatic heterocycles. The monoisotopic (exact) mass is 246 g/mol. The Morgan fingerprint density at radius 3 is 1.53 bits per heavy atom. The van der Waals surface area contributed by atoms with E-state index in [9.17, 15) is 4.79 Å². The standard InChI is InChI=1S/C5H10O2.2C4H8O/c1-2-3-4-5(6)7;2*1-2-4-5-3-1/h2-4H2,1H3,(H,6,7);2*1-4H2. The van der Waals surface area contributed by atoms with Crippen molar-refractivity contribution in [2.24, 2.45) is 0 Å². The molecule has 0 unspecified atom stereocenters. The van der Waals surface area contributed by atoms with E-state index in [1.165, 1.54) is 25.7 Å². The van der Waals surface area contributed by atoms with Gasteiger partial charge in [-0.2, -0.15) is 0 Å². The summed E-state index contributed by atoms with van der Waals surface area (Å²) in [6.45, 7) is 5.98. The Labute approximate surface area is 104 Å². The summed E-state index contributed by atoms with van der Waals surface area (Å²) < 4.78 is 9.89. The first-order valence-corrected chi connectivity index (χ1v) is 6.64. The van der Waals surface area contributed by atoms with E-state index in [0.717, 1.165) is 39.3 Å². The van der Waals surface area contributed by atoms with Gasteiger partial charge in [-0.3, -0.25) is 4.79 Å². The van der Waals surface area contributed by atoms with Crippen LogP contribution in [0, 0.1) is 0 Å². The Balaban J connectivity index is 0.000000229. The Kier molecular flexibility index (Phi) is 13.0. The van der Waals surface area contributed by atoms with Gasteiger partial charge in [-0.25, -0.2) is 0 Å². The Morgan fingerprint density at radius 1 is 1.00 bits per heavy atom. The van der Waals surface area contributed by atoms with Crippen molar-refractivity contribution in [2.75, 3.05) is 26.4 Å². The Bertz CT molecular complexity index is 138. The molecule has 2 aliphatic rings. The molecule has 0 saturated carbocycles. The summed E-state index contributed by atoms with van der Waals surface area (Å²) in [5, 5.41) is 8.04. The fourth-order valence-electron chi connectivity index (χ4n) is 1.35. The number of ether oxygens (including phenoxy) is 2. The molecule has 17 heavy (non-hydrogen) atoms. The maximum absolute atomic E-state index is 9.76. The molecule has 4 nitrogen and oxygen atoms in total. The first-order valence-electron chi connectivity index (χ1n) is 6.64. The summed E-state index contributed by atoms with van der Waals surface area (Å²) in [5.74, 6) is -0.693. The van der Waals surface area contributed by atoms with Crippen LogP contribution in [0.1, 0.15) is 51.9 Å². The molecule has 0 aromatic heterocycles. The number of carboxylic acid groups (broad SMARTS) is 1.